The molecule has 0 spiro atoms. The van der Waals surface area contributed by atoms with E-state index in [4.69, 9.17) is 0 Å². The van der Waals surface area contributed by atoms with Gasteiger partial charge in [-0.1, -0.05) is 145 Å². The molecule has 2 aliphatic rings. The van der Waals surface area contributed by atoms with Crippen LogP contribution in [-0.4, -0.2) is 12.3 Å². The molecule has 0 unspecified atom stereocenters. The summed E-state index contributed by atoms with van der Waals surface area (Å²) in [6.45, 7) is 0. The van der Waals surface area contributed by atoms with Crippen molar-refractivity contribution >= 4 is 37.1 Å². The van der Waals surface area contributed by atoms with E-state index in [0.717, 1.165) is 0 Å². The number of fused-ring (bicyclic) bond motifs is 2. The molecule has 38 heavy (non-hydrogen) atoms. The Labute approximate surface area is 244 Å². The smallest absolute Gasteiger partial charge is 0 e. The van der Waals surface area contributed by atoms with Gasteiger partial charge in [0.1, 0.15) is 0 Å². The van der Waals surface area contributed by atoms with Crippen molar-refractivity contribution in [3.63, 3.8) is 0 Å². The van der Waals surface area contributed by atoms with Crippen LogP contribution >= 0.6 is 15.8 Å². The third kappa shape index (κ3) is 8.17. The first-order valence-corrected chi connectivity index (χ1v) is 16.5. The van der Waals surface area contributed by atoms with Crippen LogP contribution in [0.4, 0.5) is 0 Å². The second-order valence-electron chi connectivity index (χ2n) is 9.68. The normalized spacial score (nSPS) is 13.4. The Kier molecular flexibility index (Phi) is 11.7. The molecule has 0 N–H and O–H groups in total. The summed E-state index contributed by atoms with van der Waals surface area (Å²) >= 11 is 0. The van der Waals surface area contributed by atoms with Gasteiger partial charge in [0, 0.05) is 19.5 Å². The van der Waals surface area contributed by atoms with Gasteiger partial charge in [0.05, 0.1) is 0 Å². The molecule has 2 aliphatic carbocycles. The monoisotopic (exact) mass is 621 g/mol. The molecule has 0 heterocycles. The molecule has 4 aromatic rings. The summed E-state index contributed by atoms with van der Waals surface area (Å²) in [6.07, 6.45) is 13.6. The molecule has 1 saturated carbocycles. The summed E-state index contributed by atoms with van der Waals surface area (Å²) in [5.41, 5.74) is 3.30. The third-order valence-electron chi connectivity index (χ3n) is 7.06. The van der Waals surface area contributed by atoms with Crippen molar-refractivity contribution < 1.29 is 19.5 Å². The Balaban J connectivity index is 0.000000359. The van der Waals surface area contributed by atoms with E-state index in [1.165, 1.54) is 65.6 Å². The molecule has 1 radical (unpaired) electrons. The van der Waals surface area contributed by atoms with Crippen LogP contribution in [0, 0.1) is 0 Å². The van der Waals surface area contributed by atoms with Gasteiger partial charge in [0.25, 0.3) is 0 Å². The molecule has 0 amide bonds. The first-order valence-electron chi connectivity index (χ1n) is 13.5. The van der Waals surface area contributed by atoms with Gasteiger partial charge in [-0.2, -0.15) is 0 Å². The maximum atomic E-state index is 2.31. The van der Waals surface area contributed by atoms with Crippen molar-refractivity contribution in [2.45, 2.75) is 32.1 Å². The van der Waals surface area contributed by atoms with Crippen molar-refractivity contribution in [2.24, 2.45) is 0 Å². The summed E-state index contributed by atoms with van der Waals surface area (Å²) < 4.78 is 0. The number of unbranched alkanes of at least 4 members (excludes halogenated alkanes) is 1. The van der Waals surface area contributed by atoms with E-state index in [2.05, 4.69) is 133 Å². The quantitative estimate of drug-likeness (QED) is 0.101. The number of benzene rings is 4. The van der Waals surface area contributed by atoms with Gasteiger partial charge in [-0.05, 0) is 81.5 Å². The first kappa shape index (κ1) is 28.8. The Bertz CT molecular complexity index is 1100. The number of allylic oxidation sites excluding steroid dienone is 4. The second kappa shape index (κ2) is 15.4. The van der Waals surface area contributed by atoms with Crippen LogP contribution in [0.5, 0.6) is 0 Å². The molecule has 2 bridgehead atoms. The fourth-order valence-electron chi connectivity index (χ4n) is 5.10. The van der Waals surface area contributed by atoms with Crippen LogP contribution < -0.4 is 21.2 Å². The van der Waals surface area contributed by atoms with Gasteiger partial charge in [0.15, 0.2) is 0 Å². The van der Waals surface area contributed by atoms with E-state index in [1.807, 2.05) is 0 Å². The Morgan fingerprint density at radius 3 is 0.921 bits per heavy atom. The fourth-order valence-corrected chi connectivity index (χ4v) is 9.93. The average Bonchev–Trinajstić information content (AvgIpc) is 3.64. The minimum Gasteiger partial charge on any atom is -0.0658 e. The standard InChI is InChI=1S/C28H28P2.C7H8.Rh/c1-5-15-25(16-6-1)29(26-17-7-2-8-18-26)23-13-14-24-30(27-19-9-3-10-20-27)28-21-11-4-12-22-28;1-2-7-4-3-6(1)5-7;/h1-12,15-22H,13-14,23-24H2;1-2H,3-5H2;. The molecular formula is C35H36P2Rh. The molecular weight excluding hydrogens is 585 g/mol. The van der Waals surface area contributed by atoms with Crippen molar-refractivity contribution in [1.29, 1.82) is 0 Å². The number of hydrogen-bond donors (Lipinski definition) is 0. The van der Waals surface area contributed by atoms with Gasteiger partial charge >= 0.3 is 0 Å². The third-order valence-corrected chi connectivity index (χ3v) is 12.3. The van der Waals surface area contributed by atoms with Crippen molar-refractivity contribution in [3.05, 3.63) is 145 Å². The number of rotatable bonds is 9. The molecule has 4 aromatic carbocycles. The summed E-state index contributed by atoms with van der Waals surface area (Å²) in [5.74, 6) is 0. The second-order valence-corrected chi connectivity index (χ2v) is 14.4. The molecule has 1 fully saturated rings. The minimum absolute atomic E-state index is 0. The molecule has 6 rings (SSSR count). The molecule has 0 saturated heterocycles. The van der Waals surface area contributed by atoms with Gasteiger partial charge in [0.2, 0.25) is 0 Å². The fraction of sp³-hybridized carbons (Fsp3) is 0.200. The molecule has 0 aliphatic heterocycles. The van der Waals surface area contributed by atoms with Gasteiger partial charge in [-0.15, -0.1) is 0 Å². The maximum absolute atomic E-state index is 2.31. The SMILES string of the molecule is C1=C2CCC(=C1)C2.[Rh].c1ccc(P(CCCCP(c2ccccc2)c2ccccc2)c2ccccc2)cc1. The van der Waals surface area contributed by atoms with E-state index < -0.39 is 0 Å². The maximum Gasteiger partial charge on any atom is 0 e. The van der Waals surface area contributed by atoms with Crippen LogP contribution in [-0.2, 0) is 19.5 Å². The van der Waals surface area contributed by atoms with E-state index >= 15 is 0 Å². The average molecular weight is 622 g/mol. The summed E-state index contributed by atoms with van der Waals surface area (Å²) in [7, 11) is -0.566. The van der Waals surface area contributed by atoms with E-state index in [1.54, 1.807) is 11.1 Å². The van der Waals surface area contributed by atoms with Gasteiger partial charge in [-0.25, -0.2) is 0 Å². The summed E-state index contributed by atoms with van der Waals surface area (Å²) in [4.78, 5) is 0. The van der Waals surface area contributed by atoms with Gasteiger partial charge < -0.3 is 0 Å². The molecule has 195 valence electrons. The van der Waals surface area contributed by atoms with E-state index in [-0.39, 0.29) is 35.3 Å². The van der Waals surface area contributed by atoms with Crippen molar-refractivity contribution in [1.82, 2.24) is 0 Å². The van der Waals surface area contributed by atoms with Crippen LogP contribution in [0.15, 0.2) is 145 Å². The Morgan fingerprint density at radius 2 is 0.711 bits per heavy atom. The predicted molar refractivity (Wildman–Crippen MR) is 167 cm³/mol. The summed E-state index contributed by atoms with van der Waals surface area (Å²) in [5, 5.41) is 5.97. The largest absolute Gasteiger partial charge is 0.0658 e. The Hall–Kier alpha value is -2.16. The predicted octanol–water partition coefficient (Wildman–Crippen LogP) is 8.07. The Morgan fingerprint density at radius 1 is 0.421 bits per heavy atom. The van der Waals surface area contributed by atoms with Crippen LogP contribution in [0.2, 0.25) is 0 Å². The topological polar surface area (TPSA) is 0 Å². The summed E-state index contributed by atoms with van der Waals surface area (Å²) in [6, 6.07) is 44.3. The van der Waals surface area contributed by atoms with E-state index in [9.17, 15) is 0 Å². The number of hydrogen-bond acceptors (Lipinski definition) is 0. The van der Waals surface area contributed by atoms with Crippen LogP contribution in [0.25, 0.3) is 0 Å². The van der Waals surface area contributed by atoms with Gasteiger partial charge in [-0.3, -0.25) is 0 Å². The zero-order chi connectivity index (χ0) is 25.1. The minimum atomic E-state index is -0.283. The molecule has 3 heteroatoms. The van der Waals surface area contributed by atoms with Crippen molar-refractivity contribution in [2.75, 3.05) is 12.3 Å². The molecule has 0 atom stereocenters. The zero-order valence-electron chi connectivity index (χ0n) is 21.9. The van der Waals surface area contributed by atoms with E-state index in [0.29, 0.717) is 0 Å². The van der Waals surface area contributed by atoms with Crippen molar-refractivity contribution in [3.8, 4) is 0 Å². The first-order chi connectivity index (χ1) is 18.4. The zero-order valence-corrected chi connectivity index (χ0v) is 25.3. The van der Waals surface area contributed by atoms with Crippen LogP contribution in [0.3, 0.4) is 0 Å². The molecule has 0 aromatic heterocycles. The molecule has 0 nitrogen and oxygen atoms in total. The van der Waals surface area contributed by atoms with Crippen LogP contribution in [0.1, 0.15) is 32.1 Å².